The molecule has 0 saturated carbocycles. The number of anilines is 2. The van der Waals surface area contributed by atoms with Crippen molar-refractivity contribution in [2.75, 3.05) is 24.7 Å². The third kappa shape index (κ3) is 5.74. The summed E-state index contributed by atoms with van der Waals surface area (Å²) in [5.74, 6) is 3.24. The first-order valence-corrected chi connectivity index (χ1v) is 10.8. The second-order valence-corrected chi connectivity index (χ2v) is 7.95. The lowest BCUT2D eigenvalue weighted by molar-refractivity contribution is 0.482. The molecule has 0 unspecified atom stereocenters. The number of benzene rings is 4. The Labute approximate surface area is 187 Å². The summed E-state index contributed by atoms with van der Waals surface area (Å²) in [5, 5.41) is 6.23. The van der Waals surface area contributed by atoms with Crippen molar-refractivity contribution in [3.05, 3.63) is 97.1 Å². The molecule has 0 heterocycles. The van der Waals surface area contributed by atoms with E-state index in [1.807, 2.05) is 86.9 Å². The molecule has 156 valence electrons. The lowest BCUT2D eigenvalue weighted by atomic mass is 10.3. The van der Waals surface area contributed by atoms with Gasteiger partial charge in [0.1, 0.15) is 23.0 Å². The van der Waals surface area contributed by atoms with Crippen LogP contribution in [0.15, 0.2) is 107 Å². The maximum atomic E-state index is 5.94. The van der Waals surface area contributed by atoms with Gasteiger partial charge in [-0.2, -0.15) is 0 Å². The zero-order chi connectivity index (χ0) is 21.5. The Morgan fingerprint density at radius 3 is 1.32 bits per heavy atom. The molecular formula is C26H24N2O2S. The minimum Gasteiger partial charge on any atom is -0.457 e. The first-order valence-electron chi connectivity index (χ1n) is 10.0. The van der Waals surface area contributed by atoms with E-state index in [0.29, 0.717) is 0 Å². The summed E-state index contributed by atoms with van der Waals surface area (Å²) in [6, 6.07) is 32.0. The van der Waals surface area contributed by atoms with Crippen molar-refractivity contribution in [2.24, 2.45) is 0 Å². The molecule has 0 aliphatic carbocycles. The van der Waals surface area contributed by atoms with Crippen LogP contribution >= 0.6 is 11.8 Å². The molecule has 4 rings (SSSR count). The number of hydrogen-bond donors (Lipinski definition) is 2. The van der Waals surface area contributed by atoms with Crippen LogP contribution in [0.5, 0.6) is 23.0 Å². The number of ether oxygens (including phenoxy) is 2. The van der Waals surface area contributed by atoms with Crippen LogP contribution < -0.4 is 20.1 Å². The van der Waals surface area contributed by atoms with Gasteiger partial charge >= 0.3 is 0 Å². The van der Waals surface area contributed by atoms with Gasteiger partial charge in [-0.05, 0) is 72.8 Å². The summed E-state index contributed by atoms with van der Waals surface area (Å²) in [5.41, 5.74) is 2.04. The van der Waals surface area contributed by atoms with Gasteiger partial charge in [0.2, 0.25) is 0 Å². The maximum absolute atomic E-state index is 5.94. The standard InChI is InChI=1S/C26H24N2O2S/c1-27-19-5-3-7-23(17-19)29-21-9-13-25(14-10-21)31-26-15-11-22(12-16-26)30-24-8-4-6-20(18-24)28-2/h3-18,27-28H,1-2H3. The highest BCUT2D eigenvalue weighted by molar-refractivity contribution is 7.99. The Balaban J connectivity index is 1.36. The topological polar surface area (TPSA) is 42.5 Å². The van der Waals surface area contributed by atoms with Gasteiger partial charge in [0.05, 0.1) is 0 Å². The second kappa shape index (κ2) is 9.96. The third-order valence-corrected chi connectivity index (χ3v) is 5.62. The molecule has 0 aliphatic heterocycles. The van der Waals surface area contributed by atoms with Crippen molar-refractivity contribution in [1.29, 1.82) is 0 Å². The van der Waals surface area contributed by atoms with E-state index in [0.717, 1.165) is 44.2 Å². The maximum Gasteiger partial charge on any atom is 0.129 e. The largest absolute Gasteiger partial charge is 0.457 e. The van der Waals surface area contributed by atoms with Crippen LogP contribution in [0.2, 0.25) is 0 Å². The van der Waals surface area contributed by atoms with Crippen molar-refractivity contribution in [2.45, 2.75) is 9.79 Å². The van der Waals surface area contributed by atoms with Crippen molar-refractivity contribution in [3.63, 3.8) is 0 Å². The van der Waals surface area contributed by atoms with Crippen LogP contribution in [0.25, 0.3) is 0 Å². The first-order chi connectivity index (χ1) is 15.2. The van der Waals surface area contributed by atoms with Crippen LogP contribution in [0.3, 0.4) is 0 Å². The molecule has 0 atom stereocenters. The van der Waals surface area contributed by atoms with Crippen LogP contribution in [0.1, 0.15) is 0 Å². The molecule has 0 spiro atoms. The van der Waals surface area contributed by atoms with Crippen LogP contribution in [-0.2, 0) is 0 Å². The van der Waals surface area contributed by atoms with E-state index in [1.54, 1.807) is 11.8 Å². The van der Waals surface area contributed by atoms with E-state index in [1.165, 1.54) is 0 Å². The van der Waals surface area contributed by atoms with Crippen molar-refractivity contribution < 1.29 is 9.47 Å². The average Bonchev–Trinajstić information content (AvgIpc) is 2.82. The van der Waals surface area contributed by atoms with E-state index in [4.69, 9.17) is 9.47 Å². The number of rotatable bonds is 8. The summed E-state index contributed by atoms with van der Waals surface area (Å²) >= 11 is 1.70. The minimum absolute atomic E-state index is 0.808. The fraction of sp³-hybridized carbons (Fsp3) is 0.0769. The monoisotopic (exact) mass is 428 g/mol. The van der Waals surface area contributed by atoms with E-state index in [-0.39, 0.29) is 0 Å². The molecule has 0 radical (unpaired) electrons. The Bertz CT molecular complexity index is 1040. The predicted molar refractivity (Wildman–Crippen MR) is 129 cm³/mol. The highest BCUT2D eigenvalue weighted by atomic mass is 32.2. The zero-order valence-corrected chi connectivity index (χ0v) is 18.3. The van der Waals surface area contributed by atoms with Crippen LogP contribution in [-0.4, -0.2) is 14.1 Å². The fourth-order valence-corrected chi connectivity index (χ4v) is 3.81. The van der Waals surface area contributed by atoms with Crippen molar-refractivity contribution >= 4 is 23.1 Å². The molecule has 0 aromatic heterocycles. The van der Waals surface area contributed by atoms with Gasteiger partial charge in [0.15, 0.2) is 0 Å². The SMILES string of the molecule is CNc1cccc(Oc2ccc(Sc3ccc(Oc4cccc(NC)c4)cc3)cc2)c1. The second-order valence-electron chi connectivity index (χ2n) is 6.80. The summed E-state index contributed by atoms with van der Waals surface area (Å²) in [6.45, 7) is 0. The summed E-state index contributed by atoms with van der Waals surface area (Å²) in [6.07, 6.45) is 0. The predicted octanol–water partition coefficient (Wildman–Crippen LogP) is 7.51. The van der Waals surface area contributed by atoms with Crippen LogP contribution in [0.4, 0.5) is 11.4 Å². The molecule has 0 amide bonds. The van der Waals surface area contributed by atoms with Gasteiger partial charge in [-0.15, -0.1) is 0 Å². The Hall–Kier alpha value is -3.57. The molecule has 0 saturated heterocycles. The van der Waals surface area contributed by atoms with Crippen molar-refractivity contribution in [3.8, 4) is 23.0 Å². The molecule has 0 fully saturated rings. The number of hydrogen-bond acceptors (Lipinski definition) is 5. The van der Waals surface area contributed by atoms with Gasteiger partial charge < -0.3 is 20.1 Å². The van der Waals surface area contributed by atoms with Crippen molar-refractivity contribution in [1.82, 2.24) is 0 Å². The van der Waals surface area contributed by atoms with Gasteiger partial charge in [-0.25, -0.2) is 0 Å². The molecule has 4 aromatic rings. The lowest BCUT2D eigenvalue weighted by Gasteiger charge is -2.09. The Morgan fingerprint density at radius 2 is 0.935 bits per heavy atom. The normalized spacial score (nSPS) is 10.4. The molecular weight excluding hydrogens is 404 g/mol. The van der Waals surface area contributed by atoms with Gasteiger partial charge in [-0.3, -0.25) is 0 Å². The Kier molecular flexibility index (Phi) is 6.65. The van der Waals surface area contributed by atoms with E-state index in [2.05, 4.69) is 34.9 Å². The molecule has 0 aliphatic rings. The summed E-state index contributed by atoms with van der Waals surface area (Å²) in [4.78, 5) is 2.29. The molecule has 4 aromatic carbocycles. The van der Waals surface area contributed by atoms with Gasteiger partial charge in [-0.1, -0.05) is 23.9 Å². The number of nitrogens with one attached hydrogen (secondary N) is 2. The molecule has 5 heteroatoms. The molecule has 4 nitrogen and oxygen atoms in total. The zero-order valence-electron chi connectivity index (χ0n) is 17.5. The van der Waals surface area contributed by atoms with E-state index < -0.39 is 0 Å². The molecule has 31 heavy (non-hydrogen) atoms. The summed E-state index contributed by atoms with van der Waals surface area (Å²) in [7, 11) is 3.79. The van der Waals surface area contributed by atoms with Crippen LogP contribution in [0, 0.1) is 0 Å². The molecule has 0 bridgehead atoms. The highest BCUT2D eigenvalue weighted by Crippen LogP contribution is 2.32. The molecule has 2 N–H and O–H groups in total. The quantitative estimate of drug-likeness (QED) is 0.304. The van der Waals surface area contributed by atoms with Gasteiger partial charge in [0, 0.05) is 47.4 Å². The highest BCUT2D eigenvalue weighted by Gasteiger charge is 2.03. The average molecular weight is 429 g/mol. The smallest absolute Gasteiger partial charge is 0.129 e. The Morgan fingerprint density at radius 1 is 0.516 bits per heavy atom. The van der Waals surface area contributed by atoms with Gasteiger partial charge in [0.25, 0.3) is 0 Å². The summed E-state index contributed by atoms with van der Waals surface area (Å²) < 4.78 is 11.9. The van der Waals surface area contributed by atoms with E-state index >= 15 is 0 Å². The lowest BCUT2D eigenvalue weighted by Crippen LogP contribution is -1.89. The third-order valence-electron chi connectivity index (χ3n) is 4.60. The minimum atomic E-state index is 0.808. The fourth-order valence-electron chi connectivity index (χ4n) is 2.99. The van der Waals surface area contributed by atoms with E-state index in [9.17, 15) is 0 Å². The first kappa shape index (κ1) is 20.7.